The highest BCUT2D eigenvalue weighted by molar-refractivity contribution is 5.91. The van der Waals surface area contributed by atoms with Crippen LogP contribution < -0.4 is 11.1 Å². The molecule has 0 unspecified atom stereocenters. The van der Waals surface area contributed by atoms with Crippen LogP contribution in [0.3, 0.4) is 0 Å². The van der Waals surface area contributed by atoms with Crippen molar-refractivity contribution in [1.29, 1.82) is 0 Å². The lowest BCUT2D eigenvalue weighted by Gasteiger charge is -2.14. The molecule has 1 aromatic rings. The van der Waals surface area contributed by atoms with Crippen LogP contribution in [0.5, 0.6) is 0 Å². The second kappa shape index (κ2) is 6.57. The second-order valence-corrected chi connectivity index (χ2v) is 5.27. The van der Waals surface area contributed by atoms with Crippen LogP contribution in [0.1, 0.15) is 31.2 Å². The maximum Gasteiger partial charge on any atom is 0.224 e. The number of nitrogen functional groups attached to an aromatic ring is 1. The molecule has 0 radical (unpaired) electrons. The number of nitrogens with zero attached hydrogens (tertiary/aromatic N) is 1. The molecule has 1 aliphatic rings. The van der Waals surface area contributed by atoms with Crippen molar-refractivity contribution in [2.45, 2.75) is 32.6 Å². The zero-order valence-corrected chi connectivity index (χ0v) is 11.6. The van der Waals surface area contributed by atoms with Gasteiger partial charge in [-0.15, -0.1) is 0 Å². The van der Waals surface area contributed by atoms with Crippen molar-refractivity contribution in [2.24, 2.45) is 0 Å². The van der Waals surface area contributed by atoms with Crippen LogP contribution in [-0.4, -0.2) is 30.4 Å². The van der Waals surface area contributed by atoms with Gasteiger partial charge in [0, 0.05) is 17.8 Å². The molecule has 2 rings (SSSR count). The molecule has 1 aliphatic heterocycles. The number of likely N-dealkylation sites (tertiary alicyclic amines) is 1. The standard InChI is InChI=1S/C15H23N3O/c1-12-6-7-13(16)11-14(12)17-15(19)5-4-10-18-8-2-3-9-18/h6-7,11H,2-5,8-10,16H2,1H3,(H,17,19). The summed E-state index contributed by atoms with van der Waals surface area (Å²) >= 11 is 0. The first-order valence-corrected chi connectivity index (χ1v) is 7.03. The molecule has 104 valence electrons. The Kier molecular flexibility index (Phi) is 4.80. The lowest BCUT2D eigenvalue weighted by Crippen LogP contribution is -2.22. The minimum Gasteiger partial charge on any atom is -0.399 e. The van der Waals surface area contributed by atoms with Crippen LogP contribution in [0.15, 0.2) is 18.2 Å². The van der Waals surface area contributed by atoms with Crippen molar-refractivity contribution in [2.75, 3.05) is 30.7 Å². The first-order chi connectivity index (χ1) is 9.15. The Morgan fingerprint density at radius 2 is 2.11 bits per heavy atom. The van der Waals surface area contributed by atoms with Crippen molar-refractivity contribution in [3.05, 3.63) is 23.8 Å². The topological polar surface area (TPSA) is 58.4 Å². The van der Waals surface area contributed by atoms with E-state index in [1.807, 2.05) is 25.1 Å². The van der Waals surface area contributed by atoms with Gasteiger partial charge in [0.05, 0.1) is 0 Å². The van der Waals surface area contributed by atoms with Crippen molar-refractivity contribution in [3.8, 4) is 0 Å². The third kappa shape index (κ3) is 4.24. The highest BCUT2D eigenvalue weighted by atomic mass is 16.1. The number of anilines is 2. The van der Waals surface area contributed by atoms with Gasteiger partial charge in [0.15, 0.2) is 0 Å². The van der Waals surface area contributed by atoms with Crippen molar-refractivity contribution in [3.63, 3.8) is 0 Å². The quantitative estimate of drug-likeness (QED) is 0.800. The van der Waals surface area contributed by atoms with Gasteiger partial charge in [0.1, 0.15) is 0 Å². The van der Waals surface area contributed by atoms with E-state index in [1.165, 1.54) is 25.9 Å². The van der Waals surface area contributed by atoms with Crippen LogP contribution in [0, 0.1) is 6.92 Å². The molecule has 1 amide bonds. The number of benzene rings is 1. The summed E-state index contributed by atoms with van der Waals surface area (Å²) < 4.78 is 0. The summed E-state index contributed by atoms with van der Waals surface area (Å²) in [5.74, 6) is 0.0768. The molecule has 0 atom stereocenters. The van der Waals surface area contributed by atoms with Gasteiger partial charge < -0.3 is 16.0 Å². The summed E-state index contributed by atoms with van der Waals surface area (Å²) in [5, 5.41) is 2.94. The van der Waals surface area contributed by atoms with E-state index < -0.39 is 0 Å². The molecule has 4 nitrogen and oxygen atoms in total. The number of nitrogens with one attached hydrogen (secondary N) is 1. The third-order valence-corrected chi connectivity index (χ3v) is 3.61. The molecule has 1 saturated heterocycles. The first-order valence-electron chi connectivity index (χ1n) is 7.03. The zero-order valence-electron chi connectivity index (χ0n) is 11.6. The van der Waals surface area contributed by atoms with Gasteiger partial charge in [0.2, 0.25) is 5.91 Å². The Morgan fingerprint density at radius 3 is 2.84 bits per heavy atom. The Morgan fingerprint density at radius 1 is 1.37 bits per heavy atom. The minimum absolute atomic E-state index is 0.0768. The zero-order chi connectivity index (χ0) is 13.7. The molecule has 4 heteroatoms. The molecule has 19 heavy (non-hydrogen) atoms. The summed E-state index contributed by atoms with van der Waals surface area (Å²) in [6, 6.07) is 5.58. The van der Waals surface area contributed by atoms with Crippen LogP contribution >= 0.6 is 0 Å². The predicted octanol–water partition coefficient (Wildman–Crippen LogP) is 2.39. The highest BCUT2D eigenvalue weighted by Gasteiger charge is 2.11. The lowest BCUT2D eigenvalue weighted by molar-refractivity contribution is -0.116. The predicted molar refractivity (Wildman–Crippen MR) is 79.1 cm³/mol. The first kappa shape index (κ1) is 13.9. The lowest BCUT2D eigenvalue weighted by atomic mass is 10.1. The third-order valence-electron chi connectivity index (χ3n) is 3.61. The summed E-state index contributed by atoms with van der Waals surface area (Å²) in [4.78, 5) is 14.3. The fraction of sp³-hybridized carbons (Fsp3) is 0.533. The average Bonchev–Trinajstić information content (AvgIpc) is 2.87. The largest absolute Gasteiger partial charge is 0.399 e. The van der Waals surface area contributed by atoms with E-state index in [4.69, 9.17) is 5.73 Å². The van der Waals surface area contributed by atoms with E-state index in [0.717, 1.165) is 24.2 Å². The minimum atomic E-state index is 0.0768. The van der Waals surface area contributed by atoms with Gasteiger partial charge in [-0.3, -0.25) is 4.79 Å². The molecular weight excluding hydrogens is 238 g/mol. The van der Waals surface area contributed by atoms with Gasteiger partial charge in [-0.25, -0.2) is 0 Å². The molecule has 1 fully saturated rings. The van der Waals surface area contributed by atoms with Crippen molar-refractivity contribution < 1.29 is 4.79 Å². The van der Waals surface area contributed by atoms with Gasteiger partial charge in [-0.2, -0.15) is 0 Å². The maximum atomic E-state index is 11.9. The normalized spacial score (nSPS) is 15.6. The van der Waals surface area contributed by atoms with Gasteiger partial charge in [0.25, 0.3) is 0 Å². The number of aryl methyl sites for hydroxylation is 1. The summed E-state index contributed by atoms with van der Waals surface area (Å²) in [7, 11) is 0. The molecular formula is C15H23N3O. The van der Waals surface area contributed by atoms with E-state index >= 15 is 0 Å². The number of amides is 1. The number of carbonyl (C=O) groups is 1. The van der Waals surface area contributed by atoms with Crippen LogP contribution in [0.4, 0.5) is 11.4 Å². The Hall–Kier alpha value is -1.55. The van der Waals surface area contributed by atoms with E-state index in [-0.39, 0.29) is 5.91 Å². The molecule has 1 heterocycles. The number of carbonyl (C=O) groups excluding carboxylic acids is 1. The summed E-state index contributed by atoms with van der Waals surface area (Å²) in [6.07, 6.45) is 4.10. The summed E-state index contributed by atoms with van der Waals surface area (Å²) in [6.45, 7) is 5.38. The van der Waals surface area contributed by atoms with Crippen LogP contribution in [0.25, 0.3) is 0 Å². The Bertz CT molecular complexity index is 439. The van der Waals surface area contributed by atoms with Crippen molar-refractivity contribution >= 4 is 17.3 Å². The maximum absolute atomic E-state index is 11.9. The number of rotatable bonds is 5. The molecule has 0 aliphatic carbocycles. The fourth-order valence-electron chi connectivity index (χ4n) is 2.46. The number of hydrogen-bond donors (Lipinski definition) is 2. The molecule has 3 N–H and O–H groups in total. The number of hydrogen-bond acceptors (Lipinski definition) is 3. The smallest absolute Gasteiger partial charge is 0.224 e. The van der Waals surface area contributed by atoms with E-state index in [0.29, 0.717) is 12.1 Å². The van der Waals surface area contributed by atoms with Crippen molar-refractivity contribution in [1.82, 2.24) is 4.90 Å². The highest BCUT2D eigenvalue weighted by Crippen LogP contribution is 2.18. The fourth-order valence-corrected chi connectivity index (χ4v) is 2.46. The molecule has 0 spiro atoms. The average molecular weight is 261 g/mol. The molecule has 0 bridgehead atoms. The summed E-state index contributed by atoms with van der Waals surface area (Å²) in [5.41, 5.74) is 8.28. The Balaban J connectivity index is 1.75. The monoisotopic (exact) mass is 261 g/mol. The second-order valence-electron chi connectivity index (χ2n) is 5.27. The molecule has 0 aromatic heterocycles. The van der Waals surface area contributed by atoms with Gasteiger partial charge >= 0.3 is 0 Å². The van der Waals surface area contributed by atoms with E-state index in [2.05, 4.69) is 10.2 Å². The van der Waals surface area contributed by atoms with Gasteiger partial charge in [-0.05, 0) is 63.5 Å². The van der Waals surface area contributed by atoms with E-state index in [9.17, 15) is 4.79 Å². The van der Waals surface area contributed by atoms with Crippen LogP contribution in [-0.2, 0) is 4.79 Å². The molecule has 0 saturated carbocycles. The van der Waals surface area contributed by atoms with Crippen LogP contribution in [0.2, 0.25) is 0 Å². The van der Waals surface area contributed by atoms with E-state index in [1.54, 1.807) is 0 Å². The number of nitrogens with two attached hydrogens (primary N) is 1. The SMILES string of the molecule is Cc1ccc(N)cc1NC(=O)CCCN1CCCC1. The Labute approximate surface area is 115 Å². The van der Waals surface area contributed by atoms with Gasteiger partial charge in [-0.1, -0.05) is 6.07 Å². The molecule has 1 aromatic carbocycles.